The lowest BCUT2D eigenvalue weighted by Crippen LogP contribution is -2.59. The third-order valence-electron chi connectivity index (χ3n) is 3.35. The number of hydrogen-bond acceptors (Lipinski definition) is 2. The van der Waals surface area contributed by atoms with Crippen LogP contribution in [0, 0.1) is 5.41 Å². The Morgan fingerprint density at radius 1 is 1.25 bits per heavy atom. The van der Waals surface area contributed by atoms with E-state index >= 15 is 0 Å². The lowest BCUT2D eigenvalue weighted by Gasteiger charge is -2.50. The van der Waals surface area contributed by atoms with Gasteiger partial charge < -0.3 is 10.6 Å². The van der Waals surface area contributed by atoms with Crippen molar-refractivity contribution >= 4 is 24.8 Å². The lowest BCUT2D eigenvalue weighted by molar-refractivity contribution is 0.0186. The molecule has 3 heterocycles. The van der Waals surface area contributed by atoms with E-state index in [0.717, 1.165) is 6.54 Å². The van der Waals surface area contributed by atoms with Gasteiger partial charge in [0, 0.05) is 12.6 Å². The van der Waals surface area contributed by atoms with E-state index in [1.807, 2.05) is 0 Å². The number of piperidine rings is 3. The molecule has 1 unspecified atom stereocenters. The molecule has 0 aromatic rings. The minimum absolute atomic E-state index is 0. The van der Waals surface area contributed by atoms with E-state index in [2.05, 4.69) is 11.8 Å². The molecule has 2 nitrogen and oxygen atoms in total. The third-order valence-corrected chi connectivity index (χ3v) is 3.35. The first-order valence-corrected chi connectivity index (χ1v) is 4.19. The Balaban J connectivity index is 0.000000605. The monoisotopic (exact) mass is 212 g/mol. The highest BCUT2D eigenvalue weighted by molar-refractivity contribution is 5.85. The molecule has 3 aliphatic rings. The summed E-state index contributed by atoms with van der Waals surface area (Å²) in [6.45, 7) is 6.04. The Labute approximate surface area is 86.7 Å². The molecular formula is C8H18Cl2N2. The molecular weight excluding hydrogens is 195 g/mol. The zero-order chi connectivity index (χ0) is 7.19. The zero-order valence-corrected chi connectivity index (χ0v) is 9.09. The molecule has 3 aliphatic heterocycles. The van der Waals surface area contributed by atoms with Gasteiger partial charge in [-0.1, -0.05) is 6.92 Å². The van der Waals surface area contributed by atoms with Gasteiger partial charge in [-0.05, 0) is 31.3 Å². The standard InChI is InChI=1S/C8H16N2.2ClH/c1-8-2-4-10(5-3-8)6-7(8)9;;/h7H,2-6,9H2,1H3;2*1H. The van der Waals surface area contributed by atoms with Crippen LogP contribution in [0.25, 0.3) is 0 Å². The summed E-state index contributed by atoms with van der Waals surface area (Å²) in [7, 11) is 0. The predicted octanol–water partition coefficient (Wildman–Crippen LogP) is 1.27. The van der Waals surface area contributed by atoms with Crippen LogP contribution < -0.4 is 5.73 Å². The molecule has 0 radical (unpaired) electrons. The van der Waals surface area contributed by atoms with Gasteiger partial charge in [0.25, 0.3) is 0 Å². The summed E-state index contributed by atoms with van der Waals surface area (Å²) < 4.78 is 0. The molecule has 3 fully saturated rings. The second-order valence-electron chi connectivity index (χ2n) is 4.06. The average Bonchev–Trinajstić information content (AvgIpc) is 1.92. The summed E-state index contributed by atoms with van der Waals surface area (Å²) in [5.41, 5.74) is 6.49. The molecule has 74 valence electrons. The fourth-order valence-corrected chi connectivity index (χ4v) is 2.12. The van der Waals surface area contributed by atoms with Gasteiger partial charge in [0.2, 0.25) is 0 Å². The van der Waals surface area contributed by atoms with Crippen LogP contribution in [0.1, 0.15) is 19.8 Å². The van der Waals surface area contributed by atoms with Crippen LogP contribution in [-0.2, 0) is 0 Å². The molecule has 3 rings (SSSR count). The van der Waals surface area contributed by atoms with E-state index in [4.69, 9.17) is 5.73 Å². The van der Waals surface area contributed by atoms with Gasteiger partial charge in [-0.25, -0.2) is 0 Å². The maximum atomic E-state index is 6.01. The van der Waals surface area contributed by atoms with E-state index < -0.39 is 0 Å². The van der Waals surface area contributed by atoms with E-state index in [1.54, 1.807) is 0 Å². The summed E-state index contributed by atoms with van der Waals surface area (Å²) in [5.74, 6) is 0. The first kappa shape index (κ1) is 12.5. The number of rotatable bonds is 0. The van der Waals surface area contributed by atoms with Crippen molar-refractivity contribution in [1.82, 2.24) is 4.90 Å². The quantitative estimate of drug-likeness (QED) is 0.656. The van der Waals surface area contributed by atoms with Crippen LogP contribution in [0.3, 0.4) is 0 Å². The molecule has 2 bridgehead atoms. The number of nitrogens with two attached hydrogens (primary N) is 1. The lowest BCUT2D eigenvalue weighted by atomic mass is 9.71. The van der Waals surface area contributed by atoms with Crippen molar-refractivity contribution in [2.75, 3.05) is 19.6 Å². The molecule has 0 saturated carbocycles. The average molecular weight is 213 g/mol. The van der Waals surface area contributed by atoms with Crippen molar-refractivity contribution in [3.8, 4) is 0 Å². The Morgan fingerprint density at radius 3 is 2.00 bits per heavy atom. The molecule has 12 heavy (non-hydrogen) atoms. The molecule has 0 aliphatic carbocycles. The summed E-state index contributed by atoms with van der Waals surface area (Å²) in [4.78, 5) is 2.48. The van der Waals surface area contributed by atoms with Crippen molar-refractivity contribution in [2.24, 2.45) is 11.1 Å². The second-order valence-corrected chi connectivity index (χ2v) is 4.06. The van der Waals surface area contributed by atoms with Crippen LogP contribution in [-0.4, -0.2) is 30.6 Å². The zero-order valence-electron chi connectivity index (χ0n) is 7.45. The van der Waals surface area contributed by atoms with Gasteiger partial charge in [-0.15, -0.1) is 24.8 Å². The van der Waals surface area contributed by atoms with Crippen LogP contribution in [0.4, 0.5) is 0 Å². The summed E-state index contributed by atoms with van der Waals surface area (Å²) >= 11 is 0. The van der Waals surface area contributed by atoms with Crippen LogP contribution in [0.15, 0.2) is 0 Å². The van der Waals surface area contributed by atoms with Crippen molar-refractivity contribution < 1.29 is 0 Å². The van der Waals surface area contributed by atoms with Crippen LogP contribution in [0.5, 0.6) is 0 Å². The van der Waals surface area contributed by atoms with E-state index in [-0.39, 0.29) is 24.8 Å². The first-order chi connectivity index (χ1) is 4.71. The van der Waals surface area contributed by atoms with Crippen LogP contribution in [0.2, 0.25) is 0 Å². The largest absolute Gasteiger partial charge is 0.326 e. The maximum absolute atomic E-state index is 6.01. The first-order valence-electron chi connectivity index (χ1n) is 4.19. The van der Waals surface area contributed by atoms with Gasteiger partial charge in [0.15, 0.2) is 0 Å². The van der Waals surface area contributed by atoms with Crippen molar-refractivity contribution in [1.29, 1.82) is 0 Å². The maximum Gasteiger partial charge on any atom is 0.0223 e. The van der Waals surface area contributed by atoms with E-state index in [0.29, 0.717) is 11.5 Å². The Kier molecular flexibility index (Phi) is 4.31. The molecule has 4 heteroatoms. The third kappa shape index (κ3) is 1.87. The smallest absolute Gasteiger partial charge is 0.0223 e. The number of fused-ring (bicyclic) bond motifs is 3. The topological polar surface area (TPSA) is 29.3 Å². The van der Waals surface area contributed by atoms with Gasteiger partial charge in [-0.3, -0.25) is 0 Å². The summed E-state index contributed by atoms with van der Waals surface area (Å²) in [6, 6.07) is 0.440. The van der Waals surface area contributed by atoms with Crippen molar-refractivity contribution in [3.63, 3.8) is 0 Å². The normalized spacial score (nSPS) is 44.5. The molecule has 0 amide bonds. The van der Waals surface area contributed by atoms with Gasteiger partial charge in [0.1, 0.15) is 0 Å². The summed E-state index contributed by atoms with van der Waals surface area (Å²) in [5, 5.41) is 0. The Hall–Kier alpha value is 0.500. The second kappa shape index (κ2) is 4.14. The van der Waals surface area contributed by atoms with E-state index in [1.165, 1.54) is 25.9 Å². The SMILES string of the molecule is CC12CCN(CC1)CC2N.Cl.Cl. The molecule has 3 saturated heterocycles. The fourth-order valence-electron chi connectivity index (χ4n) is 2.12. The number of hydrogen-bond donors (Lipinski definition) is 1. The minimum atomic E-state index is 0. The molecule has 1 atom stereocenters. The van der Waals surface area contributed by atoms with Crippen LogP contribution >= 0.6 is 24.8 Å². The van der Waals surface area contributed by atoms with Gasteiger partial charge in [0.05, 0.1) is 0 Å². The highest BCUT2D eigenvalue weighted by Crippen LogP contribution is 2.38. The minimum Gasteiger partial charge on any atom is -0.326 e. The van der Waals surface area contributed by atoms with Crippen molar-refractivity contribution in [2.45, 2.75) is 25.8 Å². The van der Waals surface area contributed by atoms with Crippen molar-refractivity contribution in [3.05, 3.63) is 0 Å². The molecule has 0 aromatic carbocycles. The highest BCUT2D eigenvalue weighted by atomic mass is 35.5. The van der Waals surface area contributed by atoms with Gasteiger partial charge >= 0.3 is 0 Å². The van der Waals surface area contributed by atoms with E-state index in [9.17, 15) is 0 Å². The highest BCUT2D eigenvalue weighted by Gasteiger charge is 2.41. The number of nitrogens with zero attached hydrogens (tertiary/aromatic N) is 1. The Morgan fingerprint density at radius 2 is 1.75 bits per heavy atom. The Bertz CT molecular complexity index is 144. The molecule has 0 spiro atoms. The summed E-state index contributed by atoms with van der Waals surface area (Å²) in [6.07, 6.45) is 2.63. The molecule has 2 N–H and O–H groups in total. The molecule has 0 aromatic heterocycles. The van der Waals surface area contributed by atoms with Gasteiger partial charge in [-0.2, -0.15) is 0 Å². The fraction of sp³-hybridized carbons (Fsp3) is 1.00. The number of halogens is 2. The predicted molar refractivity (Wildman–Crippen MR) is 56.3 cm³/mol.